The standard InChI is InChI=1S/C18H17ClFN5O3/c1-11(7-24-10-16(25(26)27)22-18(24)19)6-23-8-14-15(9-23)28-17(21-14)12-2-4-13(20)5-3-12/h2-5,10-11H,6-9H2,1H3/t11-/m1/s1. The SMILES string of the molecule is C[C@H](CN1Cc2nc(-c3ccc(F)cc3)oc2C1)Cn1cc([N+](=O)[O-])nc1Cl. The van der Waals surface area contributed by atoms with Gasteiger partial charge < -0.3 is 14.5 Å². The first-order valence-corrected chi connectivity index (χ1v) is 9.11. The Labute approximate surface area is 164 Å². The van der Waals surface area contributed by atoms with E-state index in [9.17, 15) is 14.5 Å². The maximum absolute atomic E-state index is 13.1. The van der Waals surface area contributed by atoms with E-state index in [1.54, 1.807) is 16.7 Å². The summed E-state index contributed by atoms with van der Waals surface area (Å²) in [6.45, 7) is 4.60. The van der Waals surface area contributed by atoms with Gasteiger partial charge in [0, 0.05) is 25.2 Å². The Morgan fingerprint density at radius 2 is 2.04 bits per heavy atom. The van der Waals surface area contributed by atoms with Crippen LogP contribution in [0.3, 0.4) is 0 Å². The van der Waals surface area contributed by atoms with E-state index in [-0.39, 0.29) is 22.8 Å². The van der Waals surface area contributed by atoms with Crippen LogP contribution in [0.5, 0.6) is 0 Å². The van der Waals surface area contributed by atoms with Crippen molar-refractivity contribution < 1.29 is 13.7 Å². The van der Waals surface area contributed by atoms with Crippen molar-refractivity contribution in [3.8, 4) is 11.5 Å². The van der Waals surface area contributed by atoms with Gasteiger partial charge in [0.2, 0.25) is 5.89 Å². The topological polar surface area (TPSA) is 90.2 Å². The summed E-state index contributed by atoms with van der Waals surface area (Å²) >= 11 is 5.98. The monoisotopic (exact) mass is 405 g/mol. The van der Waals surface area contributed by atoms with Gasteiger partial charge in [0.25, 0.3) is 0 Å². The average Bonchev–Trinajstić information content (AvgIpc) is 3.29. The maximum atomic E-state index is 13.1. The van der Waals surface area contributed by atoms with E-state index < -0.39 is 4.92 Å². The molecule has 0 aliphatic carbocycles. The number of halogens is 2. The molecule has 0 saturated heterocycles. The van der Waals surface area contributed by atoms with Gasteiger partial charge >= 0.3 is 11.1 Å². The summed E-state index contributed by atoms with van der Waals surface area (Å²) in [5, 5.41) is 10.9. The predicted octanol–water partition coefficient (Wildman–Crippen LogP) is 3.89. The highest BCUT2D eigenvalue weighted by molar-refractivity contribution is 6.28. The molecule has 3 heterocycles. The van der Waals surface area contributed by atoms with E-state index in [0.29, 0.717) is 25.5 Å². The Bertz CT molecular complexity index is 993. The lowest BCUT2D eigenvalue weighted by Crippen LogP contribution is -2.26. The molecule has 8 nitrogen and oxygen atoms in total. The number of aromatic nitrogens is 3. The number of hydrogen-bond acceptors (Lipinski definition) is 6. The van der Waals surface area contributed by atoms with Crippen molar-refractivity contribution in [1.29, 1.82) is 0 Å². The summed E-state index contributed by atoms with van der Waals surface area (Å²) in [5.74, 6) is 0.936. The van der Waals surface area contributed by atoms with E-state index in [1.165, 1.54) is 18.3 Å². The van der Waals surface area contributed by atoms with Crippen molar-refractivity contribution in [3.05, 3.63) is 63.1 Å². The molecule has 1 aliphatic heterocycles. The van der Waals surface area contributed by atoms with Gasteiger partial charge in [-0.25, -0.2) is 9.37 Å². The van der Waals surface area contributed by atoms with Crippen LogP contribution < -0.4 is 0 Å². The predicted molar refractivity (Wildman–Crippen MR) is 99.1 cm³/mol. The van der Waals surface area contributed by atoms with Crippen LogP contribution in [0.4, 0.5) is 10.2 Å². The number of rotatable bonds is 6. The van der Waals surface area contributed by atoms with Crippen molar-refractivity contribution in [2.45, 2.75) is 26.6 Å². The van der Waals surface area contributed by atoms with Gasteiger partial charge in [-0.15, -0.1) is 0 Å². The summed E-state index contributed by atoms with van der Waals surface area (Å²) < 4.78 is 20.5. The molecule has 0 radical (unpaired) electrons. The molecule has 0 amide bonds. The zero-order valence-corrected chi connectivity index (χ0v) is 15.8. The van der Waals surface area contributed by atoms with Crippen LogP contribution in [0.25, 0.3) is 11.5 Å². The molecule has 2 aromatic heterocycles. The highest BCUT2D eigenvalue weighted by Crippen LogP contribution is 2.29. The van der Waals surface area contributed by atoms with Crippen molar-refractivity contribution in [1.82, 2.24) is 19.4 Å². The van der Waals surface area contributed by atoms with Gasteiger partial charge in [0.1, 0.15) is 17.8 Å². The van der Waals surface area contributed by atoms with Gasteiger partial charge in [-0.2, -0.15) is 0 Å². The van der Waals surface area contributed by atoms with Gasteiger partial charge in [-0.3, -0.25) is 9.47 Å². The lowest BCUT2D eigenvalue weighted by Gasteiger charge is -2.20. The highest BCUT2D eigenvalue weighted by Gasteiger charge is 2.27. The molecule has 0 fully saturated rings. The molecule has 1 atom stereocenters. The van der Waals surface area contributed by atoms with Crippen molar-refractivity contribution in [2.24, 2.45) is 5.92 Å². The smallest absolute Gasteiger partial charge is 0.383 e. The third kappa shape index (κ3) is 3.76. The van der Waals surface area contributed by atoms with Gasteiger partial charge in [-0.05, 0) is 51.7 Å². The third-order valence-corrected chi connectivity index (χ3v) is 4.89. The van der Waals surface area contributed by atoms with E-state index in [4.69, 9.17) is 16.0 Å². The fourth-order valence-corrected chi connectivity index (χ4v) is 3.58. The summed E-state index contributed by atoms with van der Waals surface area (Å²) in [6.07, 6.45) is 1.35. The van der Waals surface area contributed by atoms with Crippen molar-refractivity contribution >= 4 is 17.4 Å². The largest absolute Gasteiger partial charge is 0.439 e. The van der Waals surface area contributed by atoms with E-state index >= 15 is 0 Å². The second-order valence-electron chi connectivity index (χ2n) is 6.95. The van der Waals surface area contributed by atoms with E-state index in [0.717, 1.165) is 23.6 Å². The summed E-state index contributed by atoms with van der Waals surface area (Å²) in [4.78, 5) is 20.7. The van der Waals surface area contributed by atoms with Crippen molar-refractivity contribution in [2.75, 3.05) is 6.54 Å². The maximum Gasteiger partial charge on any atom is 0.383 e. The third-order valence-electron chi connectivity index (χ3n) is 4.59. The number of fused-ring (bicyclic) bond motifs is 1. The molecule has 4 rings (SSSR count). The molecule has 3 aromatic rings. The molecular formula is C18H17ClFN5O3. The van der Waals surface area contributed by atoms with Crippen LogP contribution in [-0.4, -0.2) is 30.9 Å². The van der Waals surface area contributed by atoms with Crippen LogP contribution in [0.2, 0.25) is 5.28 Å². The summed E-state index contributed by atoms with van der Waals surface area (Å²) in [5.41, 5.74) is 1.62. The van der Waals surface area contributed by atoms with Crippen LogP contribution >= 0.6 is 11.6 Å². The summed E-state index contributed by atoms with van der Waals surface area (Å²) in [6, 6.07) is 6.04. The number of nitrogens with zero attached hydrogens (tertiary/aromatic N) is 5. The second-order valence-corrected chi connectivity index (χ2v) is 7.29. The van der Waals surface area contributed by atoms with Crippen LogP contribution in [0.1, 0.15) is 18.4 Å². The normalized spacial score (nSPS) is 15.0. The minimum absolute atomic E-state index is 0.109. The Balaban J connectivity index is 1.37. The molecule has 146 valence electrons. The fourth-order valence-electron chi connectivity index (χ4n) is 3.38. The highest BCUT2D eigenvalue weighted by atomic mass is 35.5. The number of imidazole rings is 1. The molecule has 0 spiro atoms. The molecular weight excluding hydrogens is 389 g/mol. The minimum Gasteiger partial charge on any atom is -0.439 e. The zero-order chi connectivity index (χ0) is 19.8. The minimum atomic E-state index is -0.559. The van der Waals surface area contributed by atoms with Crippen molar-refractivity contribution in [3.63, 3.8) is 0 Å². The van der Waals surface area contributed by atoms with E-state index in [2.05, 4.69) is 14.9 Å². The number of benzene rings is 1. The molecule has 0 N–H and O–H groups in total. The second kappa shape index (κ2) is 7.33. The fraction of sp³-hybridized carbons (Fsp3) is 0.333. The summed E-state index contributed by atoms with van der Waals surface area (Å²) in [7, 11) is 0. The van der Waals surface area contributed by atoms with Crippen LogP contribution in [0, 0.1) is 21.8 Å². The molecule has 0 bridgehead atoms. The van der Waals surface area contributed by atoms with Crippen LogP contribution in [0.15, 0.2) is 34.9 Å². The number of hydrogen-bond donors (Lipinski definition) is 0. The Hall–Kier alpha value is -2.78. The van der Waals surface area contributed by atoms with Gasteiger partial charge in [0.05, 0.1) is 12.2 Å². The molecule has 28 heavy (non-hydrogen) atoms. The first kappa shape index (κ1) is 18.6. The first-order valence-electron chi connectivity index (χ1n) is 8.73. The molecule has 0 unspecified atom stereocenters. The average molecular weight is 406 g/mol. The lowest BCUT2D eigenvalue weighted by atomic mass is 10.1. The number of nitro groups is 1. The Kier molecular flexibility index (Phi) is 4.86. The Morgan fingerprint density at radius 3 is 2.68 bits per heavy atom. The zero-order valence-electron chi connectivity index (χ0n) is 15.0. The quantitative estimate of drug-likeness (QED) is 0.456. The molecule has 1 aromatic carbocycles. The molecule has 10 heteroatoms. The van der Waals surface area contributed by atoms with Gasteiger partial charge in [0.15, 0.2) is 0 Å². The molecule has 0 saturated carbocycles. The Morgan fingerprint density at radius 1 is 1.29 bits per heavy atom. The van der Waals surface area contributed by atoms with E-state index in [1.807, 2.05) is 6.92 Å². The lowest BCUT2D eigenvalue weighted by molar-refractivity contribution is -0.389. The van der Waals surface area contributed by atoms with Gasteiger partial charge in [-0.1, -0.05) is 6.92 Å². The van der Waals surface area contributed by atoms with Crippen LogP contribution in [-0.2, 0) is 19.6 Å². The first-order chi connectivity index (χ1) is 13.4. The molecule has 1 aliphatic rings. The number of oxazole rings is 1.